The smallest absolute Gasteiger partial charge is 0.416 e. The summed E-state index contributed by atoms with van der Waals surface area (Å²) in [6.07, 6.45) is -2.71. The number of nitrogens with one attached hydrogen (secondary N) is 1. The van der Waals surface area contributed by atoms with Gasteiger partial charge in [-0.15, -0.1) is 6.58 Å². The van der Waals surface area contributed by atoms with Crippen LogP contribution in [0.2, 0.25) is 0 Å². The molecule has 7 heteroatoms. The van der Waals surface area contributed by atoms with Gasteiger partial charge in [0.1, 0.15) is 5.75 Å². The van der Waals surface area contributed by atoms with Gasteiger partial charge in [-0.3, -0.25) is 0 Å². The summed E-state index contributed by atoms with van der Waals surface area (Å²) in [5.74, 6) is -0.912. The summed E-state index contributed by atoms with van der Waals surface area (Å²) in [6.45, 7) is 7.15. The van der Waals surface area contributed by atoms with Gasteiger partial charge in [-0.2, -0.15) is 13.2 Å². The van der Waals surface area contributed by atoms with Gasteiger partial charge in [-0.1, -0.05) is 6.08 Å². The zero-order chi connectivity index (χ0) is 17.1. The largest absolute Gasteiger partial charge is 0.508 e. The average Bonchev–Trinajstić information content (AvgIpc) is 2.42. The van der Waals surface area contributed by atoms with Crippen LogP contribution in [0, 0.1) is 0 Å². The van der Waals surface area contributed by atoms with E-state index < -0.39 is 39.1 Å². The van der Waals surface area contributed by atoms with E-state index in [-0.39, 0.29) is 0 Å². The lowest BCUT2D eigenvalue weighted by Crippen LogP contribution is -2.35. The molecule has 1 unspecified atom stereocenters. The Hall–Kier alpha value is -1.34. The zero-order valence-corrected chi connectivity index (χ0v) is 13.5. The van der Waals surface area contributed by atoms with Crippen molar-refractivity contribution in [1.82, 2.24) is 4.72 Å². The van der Waals surface area contributed by atoms with E-state index in [1.54, 1.807) is 20.9 Å². The number of allylic oxidation sites excluding steroid dienone is 1. The second kappa shape index (κ2) is 6.83. The molecule has 3 nitrogen and oxygen atoms in total. The molecule has 0 aromatic heterocycles. The summed E-state index contributed by atoms with van der Waals surface area (Å²) in [5.41, 5.74) is -0.620. The minimum atomic E-state index is -4.54. The number of aromatic hydroxyl groups is 1. The molecule has 0 spiro atoms. The third-order valence-corrected chi connectivity index (χ3v) is 4.92. The molecule has 0 aliphatic heterocycles. The first-order valence-electron chi connectivity index (χ1n) is 6.64. The van der Waals surface area contributed by atoms with Gasteiger partial charge in [0.25, 0.3) is 0 Å². The minimum absolute atomic E-state index is 0.295. The predicted octanol–water partition coefficient (Wildman–Crippen LogP) is 3.73. The predicted molar refractivity (Wildman–Crippen MR) is 81.9 cm³/mol. The van der Waals surface area contributed by atoms with E-state index in [4.69, 9.17) is 0 Å². The highest BCUT2D eigenvalue weighted by atomic mass is 32.2. The van der Waals surface area contributed by atoms with E-state index in [0.29, 0.717) is 18.1 Å². The number of phenolic OH excluding ortho intramolecular Hbond substituents is 1. The van der Waals surface area contributed by atoms with Crippen molar-refractivity contribution in [3.8, 4) is 5.75 Å². The lowest BCUT2D eigenvalue weighted by atomic mass is 9.89. The highest BCUT2D eigenvalue weighted by molar-refractivity contribution is 7.84. The molecule has 124 valence electrons. The van der Waals surface area contributed by atoms with Crippen LogP contribution in [0.3, 0.4) is 0 Å². The summed E-state index contributed by atoms with van der Waals surface area (Å²) in [7, 11) is 0.209. The SMILES string of the molecule is C=C[C@@H](CC(C)(C)S(=O)NC)c1cc(O)cc(C(F)(F)F)c1. The van der Waals surface area contributed by atoms with Crippen LogP contribution >= 0.6 is 0 Å². The van der Waals surface area contributed by atoms with E-state index in [1.807, 2.05) is 0 Å². The molecular weight excluding hydrogens is 315 g/mol. The number of hydrogen-bond donors (Lipinski definition) is 2. The number of benzene rings is 1. The Morgan fingerprint density at radius 2 is 1.95 bits per heavy atom. The van der Waals surface area contributed by atoms with Gasteiger partial charge >= 0.3 is 6.18 Å². The molecular formula is C15H20F3NO2S. The van der Waals surface area contributed by atoms with E-state index in [2.05, 4.69) is 11.3 Å². The molecule has 1 aromatic rings. The maximum Gasteiger partial charge on any atom is 0.416 e. The Morgan fingerprint density at radius 3 is 2.41 bits per heavy atom. The summed E-state index contributed by atoms with van der Waals surface area (Å²) >= 11 is 0. The van der Waals surface area contributed by atoms with Crippen molar-refractivity contribution in [3.63, 3.8) is 0 Å². The fraction of sp³-hybridized carbons (Fsp3) is 0.467. The van der Waals surface area contributed by atoms with Gasteiger partial charge in [0.2, 0.25) is 0 Å². The van der Waals surface area contributed by atoms with Crippen molar-refractivity contribution in [2.45, 2.75) is 37.1 Å². The van der Waals surface area contributed by atoms with Gasteiger partial charge in [-0.25, -0.2) is 8.93 Å². The highest BCUT2D eigenvalue weighted by Gasteiger charge is 2.33. The molecule has 0 heterocycles. The molecule has 0 aliphatic rings. The molecule has 0 bridgehead atoms. The van der Waals surface area contributed by atoms with Gasteiger partial charge in [-0.05, 0) is 51.1 Å². The first-order valence-corrected chi connectivity index (χ1v) is 7.79. The third kappa shape index (κ3) is 4.58. The lowest BCUT2D eigenvalue weighted by Gasteiger charge is -2.27. The van der Waals surface area contributed by atoms with Crippen LogP contribution in [0.4, 0.5) is 13.2 Å². The number of halogens is 3. The van der Waals surface area contributed by atoms with Crippen molar-refractivity contribution >= 4 is 11.0 Å². The highest BCUT2D eigenvalue weighted by Crippen LogP contribution is 2.37. The molecule has 1 aromatic carbocycles. The Morgan fingerprint density at radius 1 is 1.36 bits per heavy atom. The monoisotopic (exact) mass is 335 g/mol. The van der Waals surface area contributed by atoms with E-state index in [9.17, 15) is 22.5 Å². The van der Waals surface area contributed by atoms with E-state index in [0.717, 1.165) is 6.07 Å². The standard InChI is InChI=1S/C15H20F3NO2S/c1-5-10(9-14(2,3)22(21)19-4)11-6-12(15(16,17)18)8-13(20)7-11/h5-8,10,19-20H,1,9H2,2-4H3/t10-,22?/m0/s1. The van der Waals surface area contributed by atoms with Gasteiger partial charge in [0.05, 0.1) is 21.3 Å². The molecule has 0 saturated carbocycles. The van der Waals surface area contributed by atoms with Crippen LogP contribution in [0.15, 0.2) is 30.9 Å². The zero-order valence-electron chi connectivity index (χ0n) is 12.7. The van der Waals surface area contributed by atoms with Crippen LogP contribution in [0.1, 0.15) is 37.3 Å². The second-order valence-electron chi connectivity index (χ2n) is 5.59. The lowest BCUT2D eigenvalue weighted by molar-refractivity contribution is -0.137. The van der Waals surface area contributed by atoms with Crippen molar-refractivity contribution in [2.75, 3.05) is 7.05 Å². The molecule has 0 aliphatic carbocycles. The summed E-state index contributed by atoms with van der Waals surface area (Å²) < 4.78 is 52.4. The molecule has 0 saturated heterocycles. The van der Waals surface area contributed by atoms with E-state index >= 15 is 0 Å². The van der Waals surface area contributed by atoms with Crippen molar-refractivity contribution in [1.29, 1.82) is 0 Å². The molecule has 0 fully saturated rings. The first-order chi connectivity index (χ1) is 10.0. The van der Waals surface area contributed by atoms with Crippen LogP contribution < -0.4 is 4.72 Å². The fourth-order valence-corrected chi connectivity index (χ4v) is 3.11. The fourth-order valence-electron chi connectivity index (χ4n) is 2.23. The molecule has 2 N–H and O–H groups in total. The first kappa shape index (κ1) is 18.7. The Bertz CT molecular complexity index is 570. The molecule has 1 rings (SSSR count). The summed E-state index contributed by atoms with van der Waals surface area (Å²) in [4.78, 5) is 0. The topological polar surface area (TPSA) is 49.3 Å². The summed E-state index contributed by atoms with van der Waals surface area (Å²) in [5, 5.41) is 9.55. The Balaban J connectivity index is 3.18. The number of alkyl halides is 3. The maximum atomic E-state index is 12.8. The average molecular weight is 335 g/mol. The van der Waals surface area contributed by atoms with Crippen molar-refractivity contribution in [3.05, 3.63) is 42.0 Å². The quantitative estimate of drug-likeness (QED) is 0.778. The molecule has 0 amide bonds. The third-order valence-electron chi connectivity index (χ3n) is 3.38. The normalized spacial score (nSPS) is 15.4. The van der Waals surface area contributed by atoms with Crippen molar-refractivity contribution in [2.24, 2.45) is 0 Å². The number of phenols is 1. The van der Waals surface area contributed by atoms with E-state index in [1.165, 1.54) is 12.1 Å². The molecule has 2 atom stereocenters. The number of hydrogen-bond acceptors (Lipinski definition) is 2. The maximum absolute atomic E-state index is 12.8. The Labute approximate surface area is 130 Å². The molecule has 22 heavy (non-hydrogen) atoms. The van der Waals surface area contributed by atoms with Crippen LogP contribution in [0.25, 0.3) is 0 Å². The van der Waals surface area contributed by atoms with Crippen LogP contribution in [-0.4, -0.2) is 21.1 Å². The number of rotatable bonds is 6. The minimum Gasteiger partial charge on any atom is -0.508 e. The molecule has 0 radical (unpaired) electrons. The van der Waals surface area contributed by atoms with Gasteiger partial charge < -0.3 is 5.11 Å². The second-order valence-corrected chi connectivity index (χ2v) is 7.64. The van der Waals surface area contributed by atoms with Crippen LogP contribution in [-0.2, 0) is 17.2 Å². The van der Waals surface area contributed by atoms with Gasteiger partial charge in [0, 0.05) is 5.92 Å². The Kier molecular flexibility index (Phi) is 5.81. The summed E-state index contributed by atoms with van der Waals surface area (Å²) in [6, 6.07) is 2.95. The van der Waals surface area contributed by atoms with Crippen molar-refractivity contribution < 1.29 is 22.5 Å². The van der Waals surface area contributed by atoms with Crippen LogP contribution in [0.5, 0.6) is 5.75 Å². The van der Waals surface area contributed by atoms with Gasteiger partial charge in [0.15, 0.2) is 0 Å².